The van der Waals surface area contributed by atoms with Crippen molar-refractivity contribution in [1.82, 2.24) is 5.43 Å². The van der Waals surface area contributed by atoms with Crippen molar-refractivity contribution >= 4 is 58.5 Å². The Hall–Kier alpha value is -4.15. The summed E-state index contributed by atoms with van der Waals surface area (Å²) < 4.78 is 24.8. The van der Waals surface area contributed by atoms with Crippen LogP contribution in [0.3, 0.4) is 0 Å². The van der Waals surface area contributed by atoms with Crippen LogP contribution in [-0.2, 0) is 14.4 Å². The maximum atomic E-state index is 13.7. The Balaban J connectivity index is 1.62. The zero-order valence-electron chi connectivity index (χ0n) is 19.4. The zero-order chi connectivity index (χ0) is 26.8. The Morgan fingerprint density at radius 3 is 2.49 bits per heavy atom. The lowest BCUT2D eigenvalue weighted by Crippen LogP contribution is -2.32. The minimum atomic E-state index is -1.01. The number of anilines is 2. The zero-order valence-corrected chi connectivity index (χ0v) is 20.9. The van der Waals surface area contributed by atoms with E-state index < -0.39 is 30.1 Å². The number of amides is 3. The number of benzene rings is 3. The summed E-state index contributed by atoms with van der Waals surface area (Å²) in [6.07, 6.45) is 1.24. The third-order valence-electron chi connectivity index (χ3n) is 4.50. The number of nitrogens with zero attached hydrogens (tertiary/aromatic N) is 1. The topological polar surface area (TPSA) is 118 Å². The van der Waals surface area contributed by atoms with E-state index in [1.807, 2.05) is 0 Å². The van der Waals surface area contributed by atoms with Gasteiger partial charge in [0, 0.05) is 10.7 Å². The normalized spacial score (nSPS) is 10.6. The molecule has 0 atom stereocenters. The van der Waals surface area contributed by atoms with E-state index in [1.165, 1.54) is 42.6 Å². The highest BCUT2D eigenvalue weighted by atomic mass is 35.5. The molecule has 0 bridgehead atoms. The summed E-state index contributed by atoms with van der Waals surface area (Å²) in [7, 11) is 0. The first-order valence-electron chi connectivity index (χ1n) is 10.8. The summed E-state index contributed by atoms with van der Waals surface area (Å²) in [5, 5.41) is 9.05. The molecule has 12 heteroatoms. The van der Waals surface area contributed by atoms with Gasteiger partial charge in [0.25, 0.3) is 5.91 Å². The Bertz CT molecular complexity index is 1340. The van der Waals surface area contributed by atoms with E-state index in [0.29, 0.717) is 16.3 Å². The highest BCUT2D eigenvalue weighted by molar-refractivity contribution is 6.39. The van der Waals surface area contributed by atoms with Gasteiger partial charge in [-0.3, -0.25) is 14.4 Å². The average molecular weight is 547 g/mol. The molecule has 3 amide bonds. The summed E-state index contributed by atoms with van der Waals surface area (Å²) in [4.78, 5) is 36.2. The molecule has 9 nitrogen and oxygen atoms in total. The van der Waals surface area contributed by atoms with Crippen LogP contribution in [0.1, 0.15) is 12.5 Å². The van der Waals surface area contributed by atoms with Gasteiger partial charge in [-0.25, -0.2) is 9.82 Å². The van der Waals surface area contributed by atoms with E-state index in [9.17, 15) is 18.8 Å². The molecule has 0 saturated heterocycles. The van der Waals surface area contributed by atoms with Crippen molar-refractivity contribution in [1.29, 1.82) is 0 Å². The molecule has 0 aliphatic carbocycles. The molecule has 0 aliphatic rings. The fraction of sp³-hybridized carbons (Fsp3) is 0.120. The molecular weight excluding hydrogens is 526 g/mol. The molecule has 192 valence electrons. The third-order valence-corrected chi connectivity index (χ3v) is 5.01. The van der Waals surface area contributed by atoms with Crippen LogP contribution in [0.4, 0.5) is 15.8 Å². The van der Waals surface area contributed by atoms with Crippen LogP contribution in [0, 0.1) is 5.82 Å². The fourth-order valence-corrected chi connectivity index (χ4v) is 3.39. The van der Waals surface area contributed by atoms with Crippen LogP contribution in [0.25, 0.3) is 0 Å². The van der Waals surface area contributed by atoms with Crippen LogP contribution in [0.15, 0.2) is 65.8 Å². The number of rotatable bonds is 9. The predicted octanol–water partition coefficient (Wildman–Crippen LogP) is 4.64. The number of hydrogen-bond donors (Lipinski definition) is 3. The van der Waals surface area contributed by atoms with Gasteiger partial charge in [0.05, 0.1) is 23.5 Å². The number of carbonyl (C=O) groups excluding carboxylic acids is 3. The molecule has 0 fully saturated rings. The second-order valence-corrected chi connectivity index (χ2v) is 8.09. The third kappa shape index (κ3) is 8.19. The van der Waals surface area contributed by atoms with E-state index >= 15 is 0 Å². The average Bonchev–Trinajstić information content (AvgIpc) is 2.85. The van der Waals surface area contributed by atoms with E-state index in [0.717, 1.165) is 0 Å². The second-order valence-electron chi connectivity index (χ2n) is 7.24. The molecule has 0 unspecified atom stereocenters. The van der Waals surface area contributed by atoms with Gasteiger partial charge in [0.1, 0.15) is 5.82 Å². The highest BCUT2D eigenvalue weighted by Crippen LogP contribution is 2.36. The van der Waals surface area contributed by atoms with Gasteiger partial charge in [-0.1, -0.05) is 41.4 Å². The smallest absolute Gasteiger partial charge is 0.329 e. The standard InChI is InChI=1S/C25H21Cl2FN4O5/c1-2-36-21-11-15(13-29-32-25(35)24(34)30-17-7-5-6-16(26)12-17)10-18(27)23(21)37-14-22(33)31-20-9-4-3-8-19(20)28/h3-13H,2,14H2,1H3,(H,30,34)(H,31,33)(H,32,35)/b29-13-. The van der Waals surface area contributed by atoms with Gasteiger partial charge in [-0.2, -0.15) is 5.10 Å². The number of para-hydroxylation sites is 1. The first-order valence-corrected chi connectivity index (χ1v) is 11.6. The van der Waals surface area contributed by atoms with Crippen LogP contribution in [-0.4, -0.2) is 37.1 Å². The van der Waals surface area contributed by atoms with Crippen molar-refractivity contribution in [3.8, 4) is 11.5 Å². The minimum absolute atomic E-state index is 0.0158. The quantitative estimate of drug-likeness (QED) is 0.205. The van der Waals surface area contributed by atoms with Crippen molar-refractivity contribution in [3.63, 3.8) is 0 Å². The summed E-state index contributed by atoms with van der Waals surface area (Å²) >= 11 is 12.2. The van der Waals surface area contributed by atoms with E-state index in [4.69, 9.17) is 32.7 Å². The summed E-state index contributed by atoms with van der Waals surface area (Å²) in [5.74, 6) is -2.83. The molecule has 0 aromatic heterocycles. The molecule has 3 aromatic rings. The molecule has 0 aliphatic heterocycles. The molecule has 3 rings (SSSR count). The number of ether oxygens (including phenoxy) is 2. The molecule has 3 aromatic carbocycles. The summed E-state index contributed by atoms with van der Waals surface area (Å²) in [5.41, 5.74) is 2.88. The first-order chi connectivity index (χ1) is 17.8. The van der Waals surface area contributed by atoms with E-state index in [-0.39, 0.29) is 28.8 Å². The lowest BCUT2D eigenvalue weighted by atomic mass is 10.2. The summed E-state index contributed by atoms with van der Waals surface area (Å²) in [6, 6.07) is 15.0. The SMILES string of the molecule is CCOc1cc(/C=N\NC(=O)C(=O)Nc2cccc(Cl)c2)cc(Cl)c1OCC(=O)Nc1ccccc1F. The van der Waals surface area contributed by atoms with Crippen LogP contribution in [0.5, 0.6) is 11.5 Å². The summed E-state index contributed by atoms with van der Waals surface area (Å²) in [6.45, 7) is 1.54. The molecular formula is C25H21Cl2FN4O5. The van der Waals surface area contributed by atoms with E-state index in [2.05, 4.69) is 21.2 Å². The number of hydrogen-bond acceptors (Lipinski definition) is 6. The first kappa shape index (κ1) is 27.4. The van der Waals surface area contributed by atoms with Gasteiger partial charge in [0.2, 0.25) is 0 Å². The lowest BCUT2D eigenvalue weighted by molar-refractivity contribution is -0.136. The number of carbonyl (C=O) groups is 3. The van der Waals surface area contributed by atoms with Crippen LogP contribution in [0.2, 0.25) is 10.0 Å². The van der Waals surface area contributed by atoms with Crippen LogP contribution >= 0.6 is 23.2 Å². The maximum absolute atomic E-state index is 13.7. The minimum Gasteiger partial charge on any atom is -0.490 e. The molecule has 0 radical (unpaired) electrons. The Morgan fingerprint density at radius 2 is 1.76 bits per heavy atom. The fourth-order valence-electron chi connectivity index (χ4n) is 2.92. The van der Waals surface area contributed by atoms with Crippen molar-refractivity contribution in [2.24, 2.45) is 5.10 Å². The van der Waals surface area contributed by atoms with Crippen molar-refractivity contribution < 1.29 is 28.2 Å². The Labute approximate surface area is 221 Å². The van der Waals surface area contributed by atoms with Crippen molar-refractivity contribution in [3.05, 3.63) is 82.1 Å². The van der Waals surface area contributed by atoms with Crippen molar-refractivity contribution in [2.45, 2.75) is 6.92 Å². The molecule has 3 N–H and O–H groups in total. The molecule has 0 saturated carbocycles. The van der Waals surface area contributed by atoms with Gasteiger partial charge < -0.3 is 20.1 Å². The number of halogens is 3. The lowest BCUT2D eigenvalue weighted by Gasteiger charge is -2.14. The monoisotopic (exact) mass is 546 g/mol. The number of hydrazone groups is 1. The van der Waals surface area contributed by atoms with Crippen molar-refractivity contribution in [2.75, 3.05) is 23.8 Å². The molecule has 0 heterocycles. The largest absolute Gasteiger partial charge is 0.490 e. The van der Waals surface area contributed by atoms with Gasteiger partial charge in [-0.05, 0) is 55.0 Å². The van der Waals surface area contributed by atoms with Gasteiger partial charge >= 0.3 is 11.8 Å². The predicted molar refractivity (Wildman–Crippen MR) is 139 cm³/mol. The van der Waals surface area contributed by atoms with Crippen LogP contribution < -0.4 is 25.5 Å². The van der Waals surface area contributed by atoms with Gasteiger partial charge in [-0.15, -0.1) is 0 Å². The van der Waals surface area contributed by atoms with E-state index in [1.54, 1.807) is 31.2 Å². The molecule has 37 heavy (non-hydrogen) atoms. The Kier molecular flexibility index (Phi) is 9.82. The number of nitrogens with one attached hydrogen (secondary N) is 3. The van der Waals surface area contributed by atoms with Gasteiger partial charge in [0.15, 0.2) is 18.1 Å². The maximum Gasteiger partial charge on any atom is 0.329 e. The second kappa shape index (κ2) is 13.2. The molecule has 0 spiro atoms. The Morgan fingerprint density at radius 1 is 0.973 bits per heavy atom. The highest BCUT2D eigenvalue weighted by Gasteiger charge is 2.16.